The fraction of sp³-hybridized carbons (Fsp3) is 0.300. The summed E-state index contributed by atoms with van der Waals surface area (Å²) < 4.78 is 73.4. The van der Waals surface area contributed by atoms with Crippen LogP contribution in [0.2, 0.25) is 0 Å². The number of halogens is 6. The predicted octanol–water partition coefficient (Wildman–Crippen LogP) is 3.51. The first-order valence-electron chi connectivity index (χ1n) is 4.74. The van der Waals surface area contributed by atoms with Crippen molar-refractivity contribution in [1.29, 1.82) is 0 Å². The maximum absolute atomic E-state index is 12.4. The van der Waals surface area contributed by atoms with Crippen molar-refractivity contribution in [2.24, 2.45) is 0 Å². The normalized spacial score (nSPS) is 12.4. The van der Waals surface area contributed by atoms with Crippen molar-refractivity contribution >= 4 is 11.6 Å². The number of rotatable bonds is 2. The molecule has 0 radical (unpaired) electrons. The van der Waals surface area contributed by atoms with Crippen molar-refractivity contribution in [2.75, 3.05) is 5.06 Å². The number of nitrogens with zero attached hydrogens (tertiary/aromatic N) is 1. The molecule has 0 heterocycles. The van der Waals surface area contributed by atoms with Gasteiger partial charge in [-0.2, -0.15) is 23.1 Å². The molecule has 19 heavy (non-hydrogen) atoms. The first-order chi connectivity index (χ1) is 8.50. The Hall–Kier alpha value is -1.77. The van der Waals surface area contributed by atoms with Crippen LogP contribution in [-0.4, -0.2) is 12.3 Å². The summed E-state index contributed by atoms with van der Waals surface area (Å²) in [5, 5.41) is -0.255. The number of benzene rings is 1. The second-order valence-corrected chi connectivity index (χ2v) is 3.40. The highest BCUT2D eigenvalue weighted by Gasteiger charge is 2.36. The molecule has 0 fully saturated rings. The first kappa shape index (κ1) is 15.3. The average molecular weight is 287 g/mol. The summed E-state index contributed by atoms with van der Waals surface area (Å²) in [6.07, 6.45) is -9.93. The Balaban J connectivity index is 3.14. The van der Waals surface area contributed by atoms with E-state index in [-0.39, 0.29) is 5.06 Å². The third-order valence-corrected chi connectivity index (χ3v) is 1.89. The van der Waals surface area contributed by atoms with Crippen LogP contribution in [0, 0.1) is 0 Å². The molecule has 1 rings (SSSR count). The van der Waals surface area contributed by atoms with Crippen LogP contribution in [0.25, 0.3) is 0 Å². The molecule has 0 spiro atoms. The first-order valence-corrected chi connectivity index (χ1v) is 4.74. The second-order valence-electron chi connectivity index (χ2n) is 3.40. The zero-order valence-electron chi connectivity index (χ0n) is 9.34. The highest BCUT2D eigenvalue weighted by atomic mass is 19.4. The summed E-state index contributed by atoms with van der Waals surface area (Å²) in [7, 11) is 0. The minimum absolute atomic E-state index is 0.255. The number of alkyl halides is 6. The van der Waals surface area contributed by atoms with Crippen LogP contribution in [0.1, 0.15) is 12.5 Å². The van der Waals surface area contributed by atoms with Gasteiger partial charge >= 0.3 is 12.5 Å². The number of hydrogen-bond acceptors (Lipinski definition) is 2. The van der Waals surface area contributed by atoms with Gasteiger partial charge in [-0.15, -0.1) is 13.2 Å². The molecule has 0 saturated carbocycles. The van der Waals surface area contributed by atoms with E-state index in [1.54, 1.807) is 0 Å². The highest BCUT2D eigenvalue weighted by Crippen LogP contribution is 2.32. The molecule has 0 aliphatic heterocycles. The number of carbonyl (C=O) groups excluding carboxylic acids is 1. The van der Waals surface area contributed by atoms with E-state index in [2.05, 4.69) is 4.84 Å². The van der Waals surface area contributed by atoms with Gasteiger partial charge in [0.25, 0.3) is 0 Å². The third kappa shape index (κ3) is 4.43. The standard InChI is InChI=1S/C10H7F6NO2/c1-6(18)17(19-10(14,15)16)8-4-2-3-7(5-8)9(11,12)13/h2-5H,1H3. The summed E-state index contributed by atoms with van der Waals surface area (Å²) in [5.41, 5.74) is -1.86. The van der Waals surface area contributed by atoms with Crippen LogP contribution in [0.15, 0.2) is 24.3 Å². The maximum Gasteiger partial charge on any atom is 0.544 e. The lowest BCUT2D eigenvalue weighted by molar-refractivity contribution is -0.327. The monoisotopic (exact) mass is 287 g/mol. The number of amides is 1. The Labute approximate surface area is 103 Å². The van der Waals surface area contributed by atoms with Gasteiger partial charge in [-0.05, 0) is 18.2 Å². The van der Waals surface area contributed by atoms with E-state index in [4.69, 9.17) is 0 Å². The van der Waals surface area contributed by atoms with Crippen LogP contribution in [0.4, 0.5) is 32.0 Å². The van der Waals surface area contributed by atoms with Gasteiger partial charge in [-0.25, -0.2) is 0 Å². The maximum atomic E-state index is 12.4. The molecule has 0 unspecified atom stereocenters. The lowest BCUT2D eigenvalue weighted by Gasteiger charge is -2.22. The summed E-state index contributed by atoms with van der Waals surface area (Å²) in [6, 6.07) is 2.80. The molecule has 0 saturated heterocycles. The summed E-state index contributed by atoms with van der Waals surface area (Å²) >= 11 is 0. The Kier molecular flexibility index (Phi) is 4.09. The molecule has 0 atom stereocenters. The third-order valence-electron chi connectivity index (χ3n) is 1.89. The summed E-state index contributed by atoms with van der Waals surface area (Å²) in [5.74, 6) is -1.21. The van der Waals surface area contributed by atoms with Gasteiger partial charge in [0, 0.05) is 6.92 Å². The number of hydroxylamine groups is 1. The molecule has 0 aromatic heterocycles. The molecule has 9 heteroatoms. The zero-order chi connectivity index (χ0) is 14.8. The van der Waals surface area contributed by atoms with Crippen LogP contribution in [0.3, 0.4) is 0 Å². The SMILES string of the molecule is CC(=O)N(OC(F)(F)F)c1cccc(C(F)(F)F)c1. The van der Waals surface area contributed by atoms with Crippen LogP contribution >= 0.6 is 0 Å². The van der Waals surface area contributed by atoms with Crippen molar-refractivity contribution in [3.05, 3.63) is 29.8 Å². The molecule has 3 nitrogen and oxygen atoms in total. The molecular weight excluding hydrogens is 280 g/mol. The molecule has 106 valence electrons. The topological polar surface area (TPSA) is 29.5 Å². The van der Waals surface area contributed by atoms with Gasteiger partial charge in [0.1, 0.15) is 0 Å². The van der Waals surface area contributed by atoms with E-state index in [9.17, 15) is 31.1 Å². The van der Waals surface area contributed by atoms with E-state index in [0.717, 1.165) is 19.1 Å². The van der Waals surface area contributed by atoms with Crippen molar-refractivity contribution in [1.82, 2.24) is 0 Å². The van der Waals surface area contributed by atoms with Gasteiger partial charge in [0.2, 0.25) is 5.91 Å². The highest BCUT2D eigenvalue weighted by molar-refractivity contribution is 5.89. The van der Waals surface area contributed by atoms with Crippen LogP contribution in [0.5, 0.6) is 0 Å². The fourth-order valence-corrected chi connectivity index (χ4v) is 1.21. The zero-order valence-corrected chi connectivity index (χ0v) is 9.34. The van der Waals surface area contributed by atoms with Gasteiger partial charge in [0.05, 0.1) is 11.3 Å². The Bertz CT molecular complexity index is 468. The molecule has 0 aliphatic carbocycles. The van der Waals surface area contributed by atoms with Crippen molar-refractivity contribution in [2.45, 2.75) is 19.5 Å². The Morgan fingerprint density at radius 2 is 1.74 bits per heavy atom. The molecule has 0 bridgehead atoms. The van der Waals surface area contributed by atoms with Crippen LogP contribution < -0.4 is 5.06 Å². The van der Waals surface area contributed by atoms with Crippen molar-refractivity contribution in [3.63, 3.8) is 0 Å². The molecule has 0 N–H and O–H groups in total. The van der Waals surface area contributed by atoms with Gasteiger partial charge < -0.3 is 0 Å². The number of anilines is 1. The van der Waals surface area contributed by atoms with Crippen molar-refractivity contribution < 1.29 is 36.0 Å². The van der Waals surface area contributed by atoms with E-state index < -0.39 is 29.7 Å². The minimum atomic E-state index is -5.19. The van der Waals surface area contributed by atoms with Gasteiger partial charge in [-0.3, -0.25) is 4.79 Å². The molecule has 1 amide bonds. The molecular formula is C10H7F6NO2. The molecule has 0 aliphatic rings. The second kappa shape index (κ2) is 5.08. The quantitative estimate of drug-likeness (QED) is 0.615. The number of carbonyl (C=O) groups is 1. The van der Waals surface area contributed by atoms with Crippen molar-refractivity contribution in [3.8, 4) is 0 Å². The molecule has 1 aromatic carbocycles. The minimum Gasteiger partial charge on any atom is -0.273 e. The smallest absolute Gasteiger partial charge is 0.273 e. The predicted molar refractivity (Wildman–Crippen MR) is 51.7 cm³/mol. The Morgan fingerprint density at radius 3 is 2.16 bits per heavy atom. The summed E-state index contributed by atoms with van der Waals surface area (Å²) in [4.78, 5) is 14.4. The van der Waals surface area contributed by atoms with Gasteiger partial charge in [-0.1, -0.05) is 6.07 Å². The average Bonchev–Trinajstić information content (AvgIpc) is 2.23. The lowest BCUT2D eigenvalue weighted by atomic mass is 10.2. The Morgan fingerprint density at radius 1 is 1.16 bits per heavy atom. The largest absolute Gasteiger partial charge is 0.544 e. The van der Waals surface area contributed by atoms with E-state index >= 15 is 0 Å². The summed E-state index contributed by atoms with van der Waals surface area (Å²) in [6.45, 7) is 0.728. The van der Waals surface area contributed by atoms with Gasteiger partial charge in [0.15, 0.2) is 0 Å². The van der Waals surface area contributed by atoms with E-state index in [1.807, 2.05) is 0 Å². The fourth-order valence-electron chi connectivity index (χ4n) is 1.21. The van der Waals surface area contributed by atoms with E-state index in [0.29, 0.717) is 12.1 Å². The molecule has 1 aromatic rings. The number of hydrogen-bond donors (Lipinski definition) is 0. The lowest BCUT2D eigenvalue weighted by Crippen LogP contribution is -2.35. The van der Waals surface area contributed by atoms with Crippen LogP contribution in [-0.2, 0) is 15.8 Å². The van der Waals surface area contributed by atoms with E-state index in [1.165, 1.54) is 0 Å².